The monoisotopic (exact) mass is 314 g/mol. The van der Waals surface area contributed by atoms with Crippen LogP contribution < -0.4 is 10.6 Å². The fraction of sp³-hybridized carbons (Fsp3) is 0.375. The standard InChI is InChI=1S/C16H22N6O/c1-22(2)11-5-10-18-16(23)14-7-8-15(21-20-14)19-12-13-6-3-4-9-17-13/h3-4,6-9H,5,10-12H2,1-2H3,(H,18,23)(H,19,21). The number of aromatic nitrogens is 3. The van der Waals surface area contributed by atoms with Crippen LogP contribution in [0.3, 0.4) is 0 Å². The van der Waals surface area contributed by atoms with E-state index in [1.54, 1.807) is 18.3 Å². The van der Waals surface area contributed by atoms with E-state index in [0.717, 1.165) is 18.7 Å². The van der Waals surface area contributed by atoms with Gasteiger partial charge in [-0.15, -0.1) is 10.2 Å². The Bertz CT molecular complexity index is 600. The number of carbonyl (C=O) groups excluding carboxylic acids is 1. The Morgan fingerprint density at radius 1 is 1.17 bits per heavy atom. The number of amides is 1. The van der Waals surface area contributed by atoms with E-state index in [0.29, 0.717) is 24.6 Å². The highest BCUT2D eigenvalue weighted by atomic mass is 16.1. The Balaban J connectivity index is 1.78. The van der Waals surface area contributed by atoms with E-state index in [9.17, 15) is 4.79 Å². The van der Waals surface area contributed by atoms with Gasteiger partial charge in [0.25, 0.3) is 5.91 Å². The Kier molecular flexibility index (Phi) is 6.43. The molecule has 2 aromatic rings. The van der Waals surface area contributed by atoms with Crippen molar-refractivity contribution in [3.8, 4) is 0 Å². The molecular weight excluding hydrogens is 292 g/mol. The summed E-state index contributed by atoms with van der Waals surface area (Å²) in [5.41, 5.74) is 1.23. The average molecular weight is 314 g/mol. The lowest BCUT2D eigenvalue weighted by molar-refractivity contribution is 0.0946. The topological polar surface area (TPSA) is 83.0 Å². The minimum absolute atomic E-state index is 0.201. The quantitative estimate of drug-likeness (QED) is 0.712. The first kappa shape index (κ1) is 16.8. The van der Waals surface area contributed by atoms with Gasteiger partial charge in [0.15, 0.2) is 5.69 Å². The van der Waals surface area contributed by atoms with Crippen LogP contribution in [0.2, 0.25) is 0 Å². The highest BCUT2D eigenvalue weighted by Gasteiger charge is 2.07. The van der Waals surface area contributed by atoms with Gasteiger partial charge >= 0.3 is 0 Å². The number of pyridine rings is 1. The molecule has 2 rings (SSSR count). The maximum absolute atomic E-state index is 11.9. The van der Waals surface area contributed by atoms with Crippen molar-refractivity contribution in [3.05, 3.63) is 47.9 Å². The highest BCUT2D eigenvalue weighted by Crippen LogP contribution is 2.04. The Morgan fingerprint density at radius 2 is 2.04 bits per heavy atom. The molecule has 2 aromatic heterocycles. The van der Waals surface area contributed by atoms with Crippen LogP contribution in [0, 0.1) is 0 Å². The van der Waals surface area contributed by atoms with Gasteiger partial charge < -0.3 is 15.5 Å². The van der Waals surface area contributed by atoms with Crippen LogP contribution >= 0.6 is 0 Å². The molecule has 0 aliphatic heterocycles. The molecule has 0 saturated carbocycles. The van der Waals surface area contributed by atoms with Crippen LogP contribution in [0.4, 0.5) is 5.82 Å². The summed E-state index contributed by atoms with van der Waals surface area (Å²) >= 11 is 0. The molecule has 0 saturated heterocycles. The smallest absolute Gasteiger partial charge is 0.271 e. The SMILES string of the molecule is CN(C)CCCNC(=O)c1ccc(NCc2ccccn2)nn1. The second kappa shape index (κ2) is 8.79. The van der Waals surface area contributed by atoms with Crippen molar-refractivity contribution in [2.45, 2.75) is 13.0 Å². The molecule has 23 heavy (non-hydrogen) atoms. The molecule has 0 aromatic carbocycles. The zero-order chi connectivity index (χ0) is 16.5. The van der Waals surface area contributed by atoms with Crippen LogP contribution in [-0.4, -0.2) is 53.2 Å². The molecule has 1 amide bonds. The summed E-state index contributed by atoms with van der Waals surface area (Å²) in [5, 5.41) is 13.9. The molecule has 0 atom stereocenters. The molecule has 2 N–H and O–H groups in total. The van der Waals surface area contributed by atoms with Crippen LogP contribution in [0.25, 0.3) is 0 Å². The van der Waals surface area contributed by atoms with Crippen molar-refractivity contribution in [2.75, 3.05) is 32.5 Å². The van der Waals surface area contributed by atoms with Gasteiger partial charge in [0.1, 0.15) is 5.82 Å². The predicted octanol–water partition coefficient (Wildman–Crippen LogP) is 1.17. The third-order valence-corrected chi connectivity index (χ3v) is 3.14. The van der Waals surface area contributed by atoms with Gasteiger partial charge in [-0.25, -0.2) is 0 Å². The number of anilines is 1. The lowest BCUT2D eigenvalue weighted by Gasteiger charge is -2.09. The summed E-state index contributed by atoms with van der Waals surface area (Å²) < 4.78 is 0. The number of nitrogens with zero attached hydrogens (tertiary/aromatic N) is 4. The first-order chi connectivity index (χ1) is 11.1. The molecule has 0 unspecified atom stereocenters. The fourth-order valence-corrected chi connectivity index (χ4v) is 1.92. The van der Waals surface area contributed by atoms with Crippen LogP contribution in [0.1, 0.15) is 22.6 Å². The molecule has 0 radical (unpaired) electrons. The van der Waals surface area contributed by atoms with Crippen molar-refractivity contribution in [1.29, 1.82) is 0 Å². The van der Waals surface area contributed by atoms with E-state index in [1.165, 1.54) is 0 Å². The molecule has 122 valence electrons. The summed E-state index contributed by atoms with van der Waals surface area (Å²) in [5.74, 6) is 0.410. The van der Waals surface area contributed by atoms with E-state index in [2.05, 4.69) is 30.7 Å². The summed E-state index contributed by atoms with van der Waals surface area (Å²) in [7, 11) is 4.01. The van der Waals surface area contributed by atoms with Gasteiger partial charge in [-0.1, -0.05) is 6.07 Å². The molecule has 7 heteroatoms. The lowest BCUT2D eigenvalue weighted by atomic mass is 10.3. The molecule has 7 nitrogen and oxygen atoms in total. The van der Waals surface area contributed by atoms with Crippen LogP contribution in [-0.2, 0) is 6.54 Å². The largest absolute Gasteiger partial charge is 0.363 e. The van der Waals surface area contributed by atoms with Gasteiger partial charge in [0.2, 0.25) is 0 Å². The van der Waals surface area contributed by atoms with Crippen molar-refractivity contribution in [1.82, 2.24) is 25.4 Å². The number of carbonyl (C=O) groups is 1. The third-order valence-electron chi connectivity index (χ3n) is 3.14. The van der Waals surface area contributed by atoms with E-state index >= 15 is 0 Å². The number of nitrogens with one attached hydrogen (secondary N) is 2. The number of rotatable bonds is 8. The van der Waals surface area contributed by atoms with E-state index in [-0.39, 0.29) is 5.91 Å². The number of hydrogen-bond donors (Lipinski definition) is 2. The Morgan fingerprint density at radius 3 is 2.70 bits per heavy atom. The van der Waals surface area contributed by atoms with E-state index < -0.39 is 0 Å². The fourth-order valence-electron chi connectivity index (χ4n) is 1.92. The second-order valence-electron chi connectivity index (χ2n) is 5.39. The molecule has 0 fully saturated rings. The van der Waals surface area contributed by atoms with Crippen molar-refractivity contribution in [2.24, 2.45) is 0 Å². The molecule has 0 aliphatic rings. The zero-order valence-electron chi connectivity index (χ0n) is 13.5. The zero-order valence-corrected chi connectivity index (χ0v) is 13.5. The van der Waals surface area contributed by atoms with Gasteiger partial charge in [-0.2, -0.15) is 0 Å². The average Bonchev–Trinajstić information content (AvgIpc) is 2.58. The minimum Gasteiger partial charge on any atom is -0.363 e. The van der Waals surface area contributed by atoms with Crippen LogP contribution in [0.15, 0.2) is 36.5 Å². The van der Waals surface area contributed by atoms with Crippen LogP contribution in [0.5, 0.6) is 0 Å². The summed E-state index contributed by atoms with van der Waals surface area (Å²) in [6.45, 7) is 2.12. The van der Waals surface area contributed by atoms with Gasteiger partial charge in [0.05, 0.1) is 12.2 Å². The Labute approximate surface area is 136 Å². The van der Waals surface area contributed by atoms with Crippen molar-refractivity contribution >= 4 is 11.7 Å². The number of hydrogen-bond acceptors (Lipinski definition) is 6. The summed E-state index contributed by atoms with van der Waals surface area (Å²) in [6, 6.07) is 9.13. The van der Waals surface area contributed by atoms with E-state index in [4.69, 9.17) is 0 Å². The molecule has 0 bridgehead atoms. The Hall–Kier alpha value is -2.54. The first-order valence-electron chi connectivity index (χ1n) is 7.55. The van der Waals surface area contributed by atoms with Gasteiger partial charge in [0, 0.05) is 12.7 Å². The van der Waals surface area contributed by atoms with Gasteiger partial charge in [-0.05, 0) is 51.3 Å². The minimum atomic E-state index is -0.201. The first-order valence-corrected chi connectivity index (χ1v) is 7.55. The lowest BCUT2D eigenvalue weighted by Crippen LogP contribution is -2.28. The normalized spacial score (nSPS) is 10.6. The van der Waals surface area contributed by atoms with E-state index in [1.807, 2.05) is 32.3 Å². The molecule has 2 heterocycles. The maximum atomic E-state index is 11.9. The molecule has 0 spiro atoms. The summed E-state index contributed by atoms with van der Waals surface area (Å²) in [4.78, 5) is 18.2. The third kappa shape index (κ3) is 5.99. The van der Waals surface area contributed by atoms with Gasteiger partial charge in [-0.3, -0.25) is 9.78 Å². The van der Waals surface area contributed by atoms with Crippen molar-refractivity contribution < 1.29 is 4.79 Å². The van der Waals surface area contributed by atoms with Crippen molar-refractivity contribution in [3.63, 3.8) is 0 Å². The highest BCUT2D eigenvalue weighted by molar-refractivity contribution is 5.92. The second-order valence-corrected chi connectivity index (χ2v) is 5.39. The molecule has 0 aliphatic carbocycles. The molecular formula is C16H22N6O. The maximum Gasteiger partial charge on any atom is 0.271 e. The predicted molar refractivity (Wildman–Crippen MR) is 89.1 cm³/mol. The summed E-state index contributed by atoms with van der Waals surface area (Å²) in [6.07, 6.45) is 2.64.